The molecule has 3 heterocycles. The lowest BCUT2D eigenvalue weighted by Crippen LogP contribution is -2.44. The molecule has 6 heteroatoms. The first-order valence-corrected chi connectivity index (χ1v) is 9.50. The van der Waals surface area contributed by atoms with Crippen LogP contribution in [-0.2, 0) is 16.0 Å². The highest BCUT2D eigenvalue weighted by molar-refractivity contribution is 7.15. The van der Waals surface area contributed by atoms with E-state index in [1.54, 1.807) is 11.3 Å². The van der Waals surface area contributed by atoms with Gasteiger partial charge in [0.1, 0.15) is 0 Å². The van der Waals surface area contributed by atoms with Gasteiger partial charge in [0, 0.05) is 37.0 Å². The van der Waals surface area contributed by atoms with Gasteiger partial charge in [-0.3, -0.25) is 9.20 Å². The third-order valence-electron chi connectivity index (χ3n) is 4.99. The van der Waals surface area contributed by atoms with E-state index in [1.165, 1.54) is 12.8 Å². The van der Waals surface area contributed by atoms with Crippen LogP contribution >= 0.6 is 11.3 Å². The number of amides is 1. The number of carbonyl (C=O) groups is 1. The summed E-state index contributed by atoms with van der Waals surface area (Å²) in [5.41, 5.74) is 0.872. The Balaban J connectivity index is 1.47. The Bertz CT molecular complexity index is 640. The number of ether oxygens (including phenoxy) is 1. The van der Waals surface area contributed by atoms with Gasteiger partial charge in [-0.15, -0.1) is 11.3 Å². The predicted octanol–water partition coefficient (Wildman–Crippen LogP) is 2.89. The van der Waals surface area contributed by atoms with E-state index in [0.29, 0.717) is 12.5 Å². The summed E-state index contributed by atoms with van der Waals surface area (Å²) in [5, 5.41) is 2.01. The average molecular weight is 333 g/mol. The molecule has 1 saturated carbocycles. The van der Waals surface area contributed by atoms with Crippen LogP contribution in [0.3, 0.4) is 0 Å². The van der Waals surface area contributed by atoms with Gasteiger partial charge in [-0.2, -0.15) is 0 Å². The summed E-state index contributed by atoms with van der Waals surface area (Å²) in [6.07, 6.45) is 11.5. The summed E-state index contributed by atoms with van der Waals surface area (Å²) < 4.78 is 7.76. The Labute approximate surface area is 140 Å². The highest BCUT2D eigenvalue weighted by atomic mass is 32.1. The van der Waals surface area contributed by atoms with E-state index in [4.69, 9.17) is 4.74 Å². The molecule has 5 nitrogen and oxygen atoms in total. The quantitative estimate of drug-likeness (QED) is 0.845. The first-order valence-electron chi connectivity index (χ1n) is 8.62. The molecule has 0 spiro atoms. The molecule has 1 saturated heterocycles. The number of hydrogen-bond donors (Lipinski definition) is 0. The van der Waals surface area contributed by atoms with Crippen LogP contribution in [0.15, 0.2) is 17.8 Å². The summed E-state index contributed by atoms with van der Waals surface area (Å²) >= 11 is 1.60. The second-order valence-corrected chi connectivity index (χ2v) is 7.49. The van der Waals surface area contributed by atoms with Crippen LogP contribution in [0.1, 0.15) is 44.2 Å². The van der Waals surface area contributed by atoms with Gasteiger partial charge in [0.15, 0.2) is 4.96 Å². The van der Waals surface area contributed by atoms with Gasteiger partial charge in [-0.05, 0) is 25.7 Å². The summed E-state index contributed by atoms with van der Waals surface area (Å²) in [4.78, 5) is 20.5. The number of aromatic nitrogens is 2. The molecule has 0 radical (unpaired) electrons. The second-order valence-electron chi connectivity index (χ2n) is 6.62. The van der Waals surface area contributed by atoms with Crippen molar-refractivity contribution in [1.29, 1.82) is 0 Å². The summed E-state index contributed by atoms with van der Waals surface area (Å²) in [7, 11) is 0. The molecular formula is C17H23N3O2S. The topological polar surface area (TPSA) is 46.8 Å². The van der Waals surface area contributed by atoms with Crippen molar-refractivity contribution in [3.63, 3.8) is 0 Å². The highest BCUT2D eigenvalue weighted by Crippen LogP contribution is 2.26. The zero-order valence-corrected chi connectivity index (χ0v) is 14.1. The molecule has 1 amide bonds. The molecule has 0 aromatic carbocycles. The van der Waals surface area contributed by atoms with Crippen LogP contribution < -0.4 is 0 Å². The molecular weight excluding hydrogens is 310 g/mol. The van der Waals surface area contributed by atoms with Crippen molar-refractivity contribution in [2.75, 3.05) is 13.2 Å². The van der Waals surface area contributed by atoms with Crippen LogP contribution in [0.25, 0.3) is 4.96 Å². The van der Waals surface area contributed by atoms with Gasteiger partial charge in [0.25, 0.3) is 0 Å². The largest absolute Gasteiger partial charge is 0.376 e. The second kappa shape index (κ2) is 6.61. The van der Waals surface area contributed by atoms with Crippen molar-refractivity contribution in [2.45, 2.75) is 57.1 Å². The maximum Gasteiger partial charge on any atom is 0.228 e. The third kappa shape index (κ3) is 3.28. The van der Waals surface area contributed by atoms with Crippen molar-refractivity contribution in [1.82, 2.24) is 14.3 Å². The van der Waals surface area contributed by atoms with Crippen molar-refractivity contribution >= 4 is 22.2 Å². The Hall–Kier alpha value is -1.40. The van der Waals surface area contributed by atoms with Gasteiger partial charge in [0.2, 0.25) is 5.91 Å². The summed E-state index contributed by atoms with van der Waals surface area (Å²) in [6.45, 7) is 1.60. The molecule has 2 aromatic rings. The number of carbonyl (C=O) groups excluding carboxylic acids is 1. The standard InChI is InChI=1S/C17H23N3O2S/c21-16(10-13-11-19-7-9-23-17(19)18-13)20(14-4-1-2-5-14)12-15-6-3-8-22-15/h7,9,11,14-15H,1-6,8,10,12H2/t15-/m0/s1. The monoisotopic (exact) mass is 333 g/mol. The fourth-order valence-electron chi connectivity index (χ4n) is 3.80. The summed E-state index contributed by atoms with van der Waals surface area (Å²) in [5.74, 6) is 0.207. The molecule has 2 aromatic heterocycles. The lowest BCUT2D eigenvalue weighted by atomic mass is 10.1. The van der Waals surface area contributed by atoms with E-state index in [2.05, 4.69) is 9.88 Å². The predicted molar refractivity (Wildman–Crippen MR) is 89.7 cm³/mol. The molecule has 23 heavy (non-hydrogen) atoms. The Morgan fingerprint density at radius 1 is 1.35 bits per heavy atom. The van der Waals surface area contributed by atoms with Gasteiger partial charge in [-0.25, -0.2) is 4.98 Å². The Kier molecular flexibility index (Phi) is 4.35. The maximum atomic E-state index is 12.9. The lowest BCUT2D eigenvalue weighted by molar-refractivity contribution is -0.134. The average Bonchev–Trinajstić information content (AvgIpc) is 3.28. The van der Waals surface area contributed by atoms with E-state index in [0.717, 1.165) is 49.5 Å². The Morgan fingerprint density at radius 2 is 2.22 bits per heavy atom. The molecule has 1 aliphatic carbocycles. The van der Waals surface area contributed by atoms with Crippen molar-refractivity contribution < 1.29 is 9.53 Å². The van der Waals surface area contributed by atoms with Crippen LogP contribution in [0.4, 0.5) is 0 Å². The molecule has 1 aliphatic heterocycles. The van der Waals surface area contributed by atoms with Gasteiger partial charge < -0.3 is 9.64 Å². The molecule has 0 bridgehead atoms. The molecule has 2 aliphatic rings. The Morgan fingerprint density at radius 3 is 2.96 bits per heavy atom. The van der Waals surface area contributed by atoms with Crippen LogP contribution in [0.5, 0.6) is 0 Å². The van der Waals surface area contributed by atoms with Crippen molar-refractivity contribution in [3.05, 3.63) is 23.5 Å². The first kappa shape index (κ1) is 15.1. The number of rotatable bonds is 5. The zero-order chi connectivity index (χ0) is 15.6. The SMILES string of the molecule is O=C(Cc1cn2ccsc2n1)N(C[C@@H]1CCCO1)C1CCCC1. The van der Waals surface area contributed by atoms with E-state index >= 15 is 0 Å². The van der Waals surface area contributed by atoms with Crippen LogP contribution in [0.2, 0.25) is 0 Å². The van der Waals surface area contributed by atoms with Gasteiger partial charge in [0.05, 0.1) is 18.2 Å². The smallest absolute Gasteiger partial charge is 0.228 e. The van der Waals surface area contributed by atoms with Crippen molar-refractivity contribution in [3.8, 4) is 0 Å². The van der Waals surface area contributed by atoms with E-state index in [9.17, 15) is 4.79 Å². The number of hydrogen-bond acceptors (Lipinski definition) is 4. The molecule has 0 N–H and O–H groups in total. The number of fused-ring (bicyclic) bond motifs is 1. The summed E-state index contributed by atoms with van der Waals surface area (Å²) in [6, 6.07) is 0.399. The van der Waals surface area contributed by atoms with Crippen LogP contribution in [0, 0.1) is 0 Å². The first-order chi connectivity index (χ1) is 11.3. The number of thiazole rings is 1. The molecule has 124 valence electrons. The van der Waals surface area contributed by atoms with E-state index in [-0.39, 0.29) is 12.0 Å². The molecule has 2 fully saturated rings. The van der Waals surface area contributed by atoms with Gasteiger partial charge >= 0.3 is 0 Å². The number of nitrogens with zero attached hydrogens (tertiary/aromatic N) is 3. The zero-order valence-electron chi connectivity index (χ0n) is 13.3. The maximum absolute atomic E-state index is 12.9. The minimum atomic E-state index is 0.207. The van der Waals surface area contributed by atoms with E-state index < -0.39 is 0 Å². The normalized spacial score (nSPS) is 22.2. The fourth-order valence-corrected chi connectivity index (χ4v) is 4.51. The fraction of sp³-hybridized carbons (Fsp3) is 0.647. The lowest BCUT2D eigenvalue weighted by Gasteiger charge is -2.31. The minimum Gasteiger partial charge on any atom is -0.376 e. The van der Waals surface area contributed by atoms with Gasteiger partial charge in [-0.1, -0.05) is 12.8 Å². The minimum absolute atomic E-state index is 0.207. The van der Waals surface area contributed by atoms with Crippen LogP contribution in [-0.4, -0.2) is 45.5 Å². The molecule has 1 atom stereocenters. The van der Waals surface area contributed by atoms with Crippen molar-refractivity contribution in [2.24, 2.45) is 0 Å². The third-order valence-corrected chi connectivity index (χ3v) is 5.76. The number of imidazole rings is 1. The molecule has 0 unspecified atom stereocenters. The molecule has 4 rings (SSSR count). The highest BCUT2D eigenvalue weighted by Gasteiger charge is 2.30. The van der Waals surface area contributed by atoms with E-state index in [1.807, 2.05) is 22.2 Å².